The van der Waals surface area contributed by atoms with Crippen LogP contribution in [0, 0.1) is 13.8 Å². The van der Waals surface area contributed by atoms with Crippen molar-refractivity contribution in [1.29, 1.82) is 0 Å². The van der Waals surface area contributed by atoms with Gasteiger partial charge >= 0.3 is 0 Å². The number of fused-ring (bicyclic) bond motifs is 1. The number of hydrogen-bond acceptors (Lipinski definition) is 2. The molecule has 0 aliphatic heterocycles. The number of anilines is 1. The van der Waals surface area contributed by atoms with E-state index >= 15 is 0 Å². The molecule has 3 heteroatoms. The lowest BCUT2D eigenvalue weighted by molar-refractivity contribution is 0.862. The number of aromatic nitrogens is 2. The Morgan fingerprint density at radius 2 is 2.00 bits per heavy atom. The van der Waals surface area contributed by atoms with E-state index in [4.69, 9.17) is 10.7 Å². The summed E-state index contributed by atoms with van der Waals surface area (Å²) in [5.74, 6) is 0.933. The largest absolute Gasteiger partial charge is 0.398 e. The fourth-order valence-corrected chi connectivity index (χ4v) is 2.55. The van der Waals surface area contributed by atoms with E-state index in [0.29, 0.717) is 0 Å². The maximum Gasteiger partial charge on any atom is 0.141 e. The van der Waals surface area contributed by atoms with Crippen molar-refractivity contribution < 1.29 is 0 Å². The van der Waals surface area contributed by atoms with E-state index in [9.17, 15) is 0 Å². The predicted octanol–water partition coefficient (Wildman–Crippen LogP) is 4.09. The highest BCUT2D eigenvalue weighted by Crippen LogP contribution is 2.27. The maximum absolute atomic E-state index is 6.04. The Balaban J connectivity index is 2.27. The lowest BCUT2D eigenvalue weighted by atomic mass is 10.1. The zero-order valence-corrected chi connectivity index (χ0v) is 12.4. The summed E-state index contributed by atoms with van der Waals surface area (Å²) in [6.45, 7) is 8.67. The highest BCUT2D eigenvalue weighted by Gasteiger charge is 2.12. The average Bonchev–Trinajstić information content (AvgIpc) is 2.80. The van der Waals surface area contributed by atoms with Crippen molar-refractivity contribution in [2.45, 2.75) is 20.4 Å². The lowest BCUT2D eigenvalue weighted by Gasteiger charge is -2.08. The zero-order valence-electron chi connectivity index (χ0n) is 12.4. The molecule has 1 heterocycles. The van der Waals surface area contributed by atoms with Crippen LogP contribution in [0.15, 0.2) is 49.1 Å². The molecule has 3 nitrogen and oxygen atoms in total. The summed E-state index contributed by atoms with van der Waals surface area (Å²) in [7, 11) is 0. The Morgan fingerprint density at radius 1 is 1.19 bits per heavy atom. The number of rotatable bonds is 3. The molecule has 21 heavy (non-hydrogen) atoms. The minimum atomic E-state index is 0.725. The van der Waals surface area contributed by atoms with Crippen molar-refractivity contribution >= 4 is 16.7 Å². The van der Waals surface area contributed by atoms with Crippen LogP contribution in [0.3, 0.4) is 0 Å². The van der Waals surface area contributed by atoms with E-state index in [-0.39, 0.29) is 0 Å². The van der Waals surface area contributed by atoms with Crippen molar-refractivity contribution in [2.75, 3.05) is 5.73 Å². The highest BCUT2D eigenvalue weighted by molar-refractivity contribution is 5.82. The molecule has 0 amide bonds. The van der Waals surface area contributed by atoms with Gasteiger partial charge < -0.3 is 10.3 Å². The first-order chi connectivity index (χ1) is 10.1. The molecule has 0 aliphatic carbocycles. The molecule has 0 radical (unpaired) electrons. The quantitative estimate of drug-likeness (QED) is 0.579. The molecule has 0 spiro atoms. The molecule has 0 saturated carbocycles. The van der Waals surface area contributed by atoms with E-state index in [2.05, 4.69) is 42.3 Å². The van der Waals surface area contributed by atoms with E-state index in [1.54, 1.807) is 0 Å². The minimum Gasteiger partial charge on any atom is -0.398 e. The number of nitrogen functional groups attached to an aromatic ring is 1. The maximum atomic E-state index is 6.04. The molecular weight excluding hydrogens is 258 g/mol. The van der Waals surface area contributed by atoms with Gasteiger partial charge in [0.15, 0.2) is 0 Å². The Bertz CT molecular complexity index is 828. The normalized spacial score (nSPS) is 11.0. The summed E-state index contributed by atoms with van der Waals surface area (Å²) < 4.78 is 2.17. The van der Waals surface area contributed by atoms with Gasteiger partial charge in [0.2, 0.25) is 0 Å². The monoisotopic (exact) mass is 277 g/mol. The smallest absolute Gasteiger partial charge is 0.141 e. The van der Waals surface area contributed by atoms with Crippen molar-refractivity contribution in [3.05, 3.63) is 60.2 Å². The van der Waals surface area contributed by atoms with Crippen LogP contribution in [0.4, 0.5) is 5.69 Å². The fraction of sp³-hybridized carbons (Fsp3) is 0.167. The molecule has 106 valence electrons. The van der Waals surface area contributed by atoms with Gasteiger partial charge in [0.05, 0.1) is 11.0 Å². The van der Waals surface area contributed by atoms with Crippen LogP contribution in [0.25, 0.3) is 22.4 Å². The first-order valence-electron chi connectivity index (χ1n) is 7.04. The van der Waals surface area contributed by atoms with Gasteiger partial charge in [-0.05, 0) is 43.2 Å². The van der Waals surface area contributed by atoms with E-state index < -0.39 is 0 Å². The predicted molar refractivity (Wildman–Crippen MR) is 89.3 cm³/mol. The number of benzene rings is 2. The molecule has 0 atom stereocenters. The Labute approximate surface area is 124 Å². The van der Waals surface area contributed by atoms with Crippen molar-refractivity contribution in [3.63, 3.8) is 0 Å². The summed E-state index contributed by atoms with van der Waals surface area (Å²) in [6.07, 6.45) is 1.89. The molecule has 2 aromatic carbocycles. The topological polar surface area (TPSA) is 43.8 Å². The number of hydrogen-bond donors (Lipinski definition) is 1. The molecular formula is C18H19N3. The van der Waals surface area contributed by atoms with Gasteiger partial charge in [-0.25, -0.2) is 4.98 Å². The number of allylic oxidation sites excluding steroid dienone is 1. The van der Waals surface area contributed by atoms with Crippen LogP contribution in [-0.2, 0) is 6.54 Å². The standard InChI is InChI=1S/C18H19N3/c1-4-9-21-17-8-5-12(2)10-16(17)20-18(21)14-7-6-13(3)15(19)11-14/h4-8,10-11H,1,9,19H2,2-3H3. The summed E-state index contributed by atoms with van der Waals surface area (Å²) in [5, 5.41) is 0. The third kappa shape index (κ3) is 2.31. The van der Waals surface area contributed by atoms with Crippen LogP contribution in [0.5, 0.6) is 0 Å². The number of aryl methyl sites for hydroxylation is 2. The average molecular weight is 277 g/mol. The minimum absolute atomic E-state index is 0.725. The third-order valence-electron chi connectivity index (χ3n) is 3.75. The van der Waals surface area contributed by atoms with Crippen molar-refractivity contribution in [1.82, 2.24) is 9.55 Å². The molecule has 0 bridgehead atoms. The Hall–Kier alpha value is -2.55. The van der Waals surface area contributed by atoms with Crippen LogP contribution in [0.1, 0.15) is 11.1 Å². The molecule has 0 unspecified atom stereocenters. The van der Waals surface area contributed by atoms with Gasteiger partial charge in [-0.2, -0.15) is 0 Å². The van der Waals surface area contributed by atoms with Gasteiger partial charge in [0, 0.05) is 17.8 Å². The molecule has 1 aromatic heterocycles. The molecule has 0 fully saturated rings. The van der Waals surface area contributed by atoms with E-state index in [1.165, 1.54) is 5.56 Å². The van der Waals surface area contributed by atoms with E-state index in [0.717, 1.165) is 40.2 Å². The van der Waals surface area contributed by atoms with Gasteiger partial charge in [-0.15, -0.1) is 6.58 Å². The van der Waals surface area contributed by atoms with Gasteiger partial charge in [-0.3, -0.25) is 0 Å². The number of imidazole rings is 1. The van der Waals surface area contributed by atoms with Crippen molar-refractivity contribution in [3.8, 4) is 11.4 Å². The third-order valence-corrected chi connectivity index (χ3v) is 3.75. The number of nitrogens with two attached hydrogens (primary N) is 1. The molecule has 3 rings (SSSR count). The second-order valence-corrected chi connectivity index (χ2v) is 5.40. The lowest BCUT2D eigenvalue weighted by Crippen LogP contribution is -1.99. The molecule has 2 N–H and O–H groups in total. The molecule has 3 aromatic rings. The zero-order chi connectivity index (χ0) is 15.0. The molecule has 0 saturated heterocycles. The SMILES string of the molecule is C=CCn1c(-c2ccc(C)c(N)c2)nc2cc(C)ccc21. The van der Waals surface area contributed by atoms with Crippen LogP contribution >= 0.6 is 0 Å². The number of nitrogens with zero attached hydrogens (tertiary/aromatic N) is 2. The van der Waals surface area contributed by atoms with E-state index in [1.807, 2.05) is 25.1 Å². The second-order valence-electron chi connectivity index (χ2n) is 5.40. The van der Waals surface area contributed by atoms with Crippen LogP contribution in [-0.4, -0.2) is 9.55 Å². The summed E-state index contributed by atoms with van der Waals surface area (Å²) >= 11 is 0. The molecule has 0 aliphatic rings. The highest BCUT2D eigenvalue weighted by atomic mass is 15.1. The van der Waals surface area contributed by atoms with Gasteiger partial charge in [0.1, 0.15) is 5.82 Å². The Morgan fingerprint density at radius 3 is 2.71 bits per heavy atom. The van der Waals surface area contributed by atoms with Crippen LogP contribution in [0.2, 0.25) is 0 Å². The first kappa shape index (κ1) is 13.4. The van der Waals surface area contributed by atoms with Gasteiger partial charge in [-0.1, -0.05) is 24.3 Å². The van der Waals surface area contributed by atoms with Gasteiger partial charge in [0.25, 0.3) is 0 Å². The first-order valence-corrected chi connectivity index (χ1v) is 7.04. The van der Waals surface area contributed by atoms with Crippen LogP contribution < -0.4 is 5.73 Å². The summed E-state index contributed by atoms with van der Waals surface area (Å²) in [4.78, 5) is 4.79. The van der Waals surface area contributed by atoms with Crippen molar-refractivity contribution in [2.24, 2.45) is 0 Å². The summed E-state index contributed by atoms with van der Waals surface area (Å²) in [5.41, 5.74) is 12.3. The second kappa shape index (κ2) is 5.09. The Kier molecular flexibility index (Phi) is 3.26. The fourth-order valence-electron chi connectivity index (χ4n) is 2.55. The summed E-state index contributed by atoms with van der Waals surface area (Å²) in [6, 6.07) is 12.4.